The molecule has 2 heterocycles. The summed E-state index contributed by atoms with van der Waals surface area (Å²) >= 11 is 0. The second-order valence-corrected chi connectivity index (χ2v) is 6.22. The number of amides is 2. The molecule has 0 atom stereocenters. The van der Waals surface area contributed by atoms with Crippen molar-refractivity contribution in [1.29, 1.82) is 0 Å². The number of nitrogens with zero attached hydrogens (tertiary/aromatic N) is 2. The van der Waals surface area contributed by atoms with Gasteiger partial charge in [0, 0.05) is 37.0 Å². The lowest BCUT2D eigenvalue weighted by Gasteiger charge is -2.12. The molecule has 6 heteroatoms. The van der Waals surface area contributed by atoms with Crippen LogP contribution in [0.15, 0.2) is 61.2 Å². The van der Waals surface area contributed by atoms with Crippen LogP contribution in [0.25, 0.3) is 0 Å². The maximum absolute atomic E-state index is 12.6. The van der Waals surface area contributed by atoms with Crippen LogP contribution >= 0.6 is 0 Å². The van der Waals surface area contributed by atoms with Crippen LogP contribution in [-0.2, 0) is 6.54 Å². The fraction of sp³-hybridized carbons (Fsp3) is 0.143. The second kappa shape index (κ2) is 8.23. The minimum atomic E-state index is -0.302. The predicted molar refractivity (Wildman–Crippen MR) is 104 cm³/mol. The molecule has 136 valence electrons. The maximum atomic E-state index is 12.6. The minimum Gasteiger partial charge on any atom is -0.348 e. The third-order valence-electron chi connectivity index (χ3n) is 4.18. The Labute approximate surface area is 157 Å². The number of nitrogens with one attached hydrogen (secondary N) is 2. The lowest BCUT2D eigenvalue weighted by molar-refractivity contribution is 0.0950. The number of aromatic nitrogens is 2. The first-order valence-corrected chi connectivity index (χ1v) is 8.54. The summed E-state index contributed by atoms with van der Waals surface area (Å²) in [6.45, 7) is 4.24. The molecule has 1 aromatic carbocycles. The fourth-order valence-corrected chi connectivity index (χ4v) is 2.67. The molecule has 0 aliphatic heterocycles. The second-order valence-electron chi connectivity index (χ2n) is 6.22. The summed E-state index contributed by atoms with van der Waals surface area (Å²) in [5.41, 5.74) is 4.32. The van der Waals surface area contributed by atoms with E-state index in [1.165, 1.54) is 18.5 Å². The molecule has 0 fully saturated rings. The monoisotopic (exact) mass is 360 g/mol. The Hall–Kier alpha value is -3.54. The van der Waals surface area contributed by atoms with Crippen molar-refractivity contribution in [2.45, 2.75) is 20.4 Å². The van der Waals surface area contributed by atoms with Gasteiger partial charge in [-0.3, -0.25) is 19.6 Å². The number of hydrogen-bond donors (Lipinski definition) is 2. The quantitative estimate of drug-likeness (QED) is 0.731. The SMILES string of the molecule is Cc1cccc(C)c1NC(=O)c1cncc(C(=O)NCc2ccncc2)c1. The van der Waals surface area contributed by atoms with Crippen molar-refractivity contribution in [3.05, 3.63) is 89.0 Å². The van der Waals surface area contributed by atoms with Crippen molar-refractivity contribution in [3.63, 3.8) is 0 Å². The van der Waals surface area contributed by atoms with E-state index < -0.39 is 0 Å². The van der Waals surface area contributed by atoms with Gasteiger partial charge in [0.05, 0.1) is 11.1 Å². The molecule has 2 aromatic heterocycles. The Balaban J connectivity index is 1.71. The van der Waals surface area contributed by atoms with Gasteiger partial charge in [0.25, 0.3) is 11.8 Å². The van der Waals surface area contributed by atoms with E-state index in [9.17, 15) is 9.59 Å². The predicted octanol–water partition coefficient (Wildman–Crippen LogP) is 3.28. The molecule has 0 unspecified atom stereocenters. The van der Waals surface area contributed by atoms with Crippen molar-refractivity contribution < 1.29 is 9.59 Å². The van der Waals surface area contributed by atoms with Crippen LogP contribution in [0.5, 0.6) is 0 Å². The highest BCUT2D eigenvalue weighted by molar-refractivity contribution is 6.06. The normalized spacial score (nSPS) is 10.3. The average Bonchev–Trinajstić information content (AvgIpc) is 2.70. The van der Waals surface area contributed by atoms with Crippen molar-refractivity contribution in [3.8, 4) is 0 Å². The lowest BCUT2D eigenvalue weighted by atomic mass is 10.1. The molecule has 0 radical (unpaired) electrons. The molecule has 0 saturated heterocycles. The topological polar surface area (TPSA) is 84.0 Å². The highest BCUT2D eigenvalue weighted by Crippen LogP contribution is 2.20. The molecule has 3 rings (SSSR count). The van der Waals surface area contributed by atoms with Crippen LogP contribution in [0, 0.1) is 13.8 Å². The van der Waals surface area contributed by atoms with Gasteiger partial charge in [-0.1, -0.05) is 18.2 Å². The van der Waals surface area contributed by atoms with Crippen LogP contribution in [0.1, 0.15) is 37.4 Å². The van der Waals surface area contributed by atoms with Gasteiger partial charge in [0.15, 0.2) is 0 Å². The number of pyridine rings is 2. The van der Waals surface area contributed by atoms with Crippen LogP contribution < -0.4 is 10.6 Å². The van der Waals surface area contributed by atoms with Gasteiger partial charge in [-0.25, -0.2) is 0 Å². The van der Waals surface area contributed by atoms with Gasteiger partial charge >= 0.3 is 0 Å². The number of anilines is 1. The van der Waals surface area contributed by atoms with Gasteiger partial charge in [0.2, 0.25) is 0 Å². The van der Waals surface area contributed by atoms with Crippen LogP contribution in [0.2, 0.25) is 0 Å². The molecular formula is C21H20N4O2. The van der Waals surface area contributed by atoms with Crippen LogP contribution in [-0.4, -0.2) is 21.8 Å². The van der Waals surface area contributed by atoms with Crippen molar-refractivity contribution in [2.24, 2.45) is 0 Å². The van der Waals surface area contributed by atoms with Crippen molar-refractivity contribution >= 4 is 17.5 Å². The summed E-state index contributed by atoms with van der Waals surface area (Å²) in [5.74, 6) is -0.593. The Morgan fingerprint density at radius 2 is 1.52 bits per heavy atom. The van der Waals surface area contributed by atoms with E-state index >= 15 is 0 Å². The van der Waals surface area contributed by atoms with E-state index in [1.807, 2.05) is 44.2 Å². The van der Waals surface area contributed by atoms with E-state index in [4.69, 9.17) is 0 Å². The molecule has 6 nitrogen and oxygen atoms in total. The smallest absolute Gasteiger partial charge is 0.257 e. The summed E-state index contributed by atoms with van der Waals surface area (Å²) in [4.78, 5) is 32.9. The molecule has 0 saturated carbocycles. The van der Waals surface area contributed by atoms with E-state index in [0.29, 0.717) is 17.7 Å². The molecule has 0 aliphatic carbocycles. The molecule has 0 aliphatic rings. The first-order chi connectivity index (χ1) is 13.0. The van der Waals surface area contributed by atoms with E-state index in [1.54, 1.807) is 12.4 Å². The number of carbonyl (C=O) groups is 2. The number of para-hydroxylation sites is 1. The highest BCUT2D eigenvalue weighted by atomic mass is 16.2. The maximum Gasteiger partial charge on any atom is 0.257 e. The summed E-state index contributed by atoms with van der Waals surface area (Å²) in [7, 11) is 0. The average molecular weight is 360 g/mol. The number of aryl methyl sites for hydroxylation is 2. The molecule has 0 bridgehead atoms. The fourth-order valence-electron chi connectivity index (χ4n) is 2.67. The zero-order valence-corrected chi connectivity index (χ0v) is 15.2. The highest BCUT2D eigenvalue weighted by Gasteiger charge is 2.13. The number of rotatable bonds is 5. The third kappa shape index (κ3) is 4.55. The van der Waals surface area contributed by atoms with E-state index in [0.717, 1.165) is 22.4 Å². The Morgan fingerprint density at radius 3 is 2.19 bits per heavy atom. The van der Waals surface area contributed by atoms with Crippen molar-refractivity contribution in [2.75, 3.05) is 5.32 Å². The summed E-state index contributed by atoms with van der Waals surface area (Å²) in [5, 5.41) is 5.71. The van der Waals surface area contributed by atoms with Crippen LogP contribution in [0.4, 0.5) is 5.69 Å². The number of carbonyl (C=O) groups excluding carboxylic acids is 2. The molecule has 2 amide bonds. The van der Waals surface area contributed by atoms with Gasteiger partial charge in [-0.15, -0.1) is 0 Å². The van der Waals surface area contributed by atoms with Crippen LogP contribution in [0.3, 0.4) is 0 Å². The zero-order chi connectivity index (χ0) is 19.2. The molecule has 0 spiro atoms. The third-order valence-corrected chi connectivity index (χ3v) is 4.18. The first-order valence-electron chi connectivity index (χ1n) is 8.54. The molecule has 2 N–H and O–H groups in total. The van der Waals surface area contributed by atoms with Gasteiger partial charge < -0.3 is 10.6 Å². The number of benzene rings is 1. The summed E-state index contributed by atoms with van der Waals surface area (Å²) in [6.07, 6.45) is 6.23. The number of hydrogen-bond acceptors (Lipinski definition) is 4. The summed E-state index contributed by atoms with van der Waals surface area (Å²) < 4.78 is 0. The van der Waals surface area contributed by atoms with E-state index in [-0.39, 0.29) is 11.8 Å². The Kier molecular flexibility index (Phi) is 5.56. The largest absolute Gasteiger partial charge is 0.348 e. The van der Waals surface area contributed by atoms with Gasteiger partial charge in [0.1, 0.15) is 0 Å². The molecule has 27 heavy (non-hydrogen) atoms. The van der Waals surface area contributed by atoms with Gasteiger partial charge in [-0.05, 0) is 48.7 Å². The lowest BCUT2D eigenvalue weighted by Crippen LogP contribution is -2.23. The standard InChI is InChI=1S/C21H20N4O2/c1-14-4-3-5-15(2)19(14)25-21(27)18-10-17(12-23-13-18)20(26)24-11-16-6-8-22-9-7-16/h3-10,12-13H,11H2,1-2H3,(H,24,26)(H,25,27). The summed E-state index contributed by atoms with van der Waals surface area (Å²) in [6, 6.07) is 11.0. The van der Waals surface area contributed by atoms with Crippen molar-refractivity contribution in [1.82, 2.24) is 15.3 Å². The van der Waals surface area contributed by atoms with Gasteiger partial charge in [-0.2, -0.15) is 0 Å². The zero-order valence-electron chi connectivity index (χ0n) is 15.2. The Morgan fingerprint density at radius 1 is 0.889 bits per heavy atom. The first kappa shape index (κ1) is 18.3. The Bertz CT molecular complexity index is 951. The molecule has 3 aromatic rings. The minimum absolute atomic E-state index is 0.291. The molecular weight excluding hydrogens is 340 g/mol. The van der Waals surface area contributed by atoms with E-state index in [2.05, 4.69) is 20.6 Å².